The number of carbonyl (C=O) groups excluding carboxylic acids is 2. The molecule has 0 radical (unpaired) electrons. The third-order valence-electron chi connectivity index (χ3n) is 6.19. The number of aliphatic hydroxyl groups excluding tert-OH is 1. The lowest BCUT2D eigenvalue weighted by molar-refractivity contribution is -0.132. The van der Waals surface area contributed by atoms with Crippen LogP contribution < -0.4 is 14.4 Å². The van der Waals surface area contributed by atoms with E-state index in [1.807, 2.05) is 12.1 Å². The Morgan fingerprint density at radius 3 is 2.25 bits per heavy atom. The zero-order valence-electron chi connectivity index (χ0n) is 20.7. The normalized spacial score (nSPS) is 17.4. The lowest BCUT2D eigenvalue weighted by atomic mass is 9.87. The fourth-order valence-electron chi connectivity index (χ4n) is 4.26. The first-order valence-electron chi connectivity index (χ1n) is 11.3. The van der Waals surface area contributed by atoms with Crippen molar-refractivity contribution in [3.8, 4) is 11.5 Å². The van der Waals surface area contributed by atoms with Crippen LogP contribution in [0.3, 0.4) is 0 Å². The van der Waals surface area contributed by atoms with Crippen molar-refractivity contribution in [1.29, 1.82) is 0 Å². The van der Waals surface area contributed by atoms with Crippen molar-refractivity contribution < 1.29 is 24.2 Å². The maximum atomic E-state index is 13.4. The first-order chi connectivity index (χ1) is 17.1. The lowest BCUT2D eigenvalue weighted by Gasteiger charge is -2.26. The minimum absolute atomic E-state index is 0.0837. The molecular weight excluding hydrogens is 480 g/mol. The van der Waals surface area contributed by atoms with Gasteiger partial charge in [-0.05, 0) is 40.8 Å². The molecule has 0 spiro atoms. The van der Waals surface area contributed by atoms with Gasteiger partial charge in [0.05, 0.1) is 36.4 Å². The van der Waals surface area contributed by atoms with Crippen LogP contribution in [-0.4, -0.2) is 36.0 Å². The van der Waals surface area contributed by atoms with Gasteiger partial charge in [-0.1, -0.05) is 50.6 Å². The van der Waals surface area contributed by atoms with Gasteiger partial charge >= 0.3 is 0 Å². The van der Waals surface area contributed by atoms with Crippen LogP contribution in [0.25, 0.3) is 5.76 Å². The third-order valence-corrected chi connectivity index (χ3v) is 6.48. The molecule has 1 aromatic heterocycles. The number of pyridine rings is 1. The van der Waals surface area contributed by atoms with Gasteiger partial charge in [-0.2, -0.15) is 0 Å². The van der Waals surface area contributed by atoms with Crippen LogP contribution in [0.15, 0.2) is 66.5 Å². The molecule has 186 valence electrons. The summed E-state index contributed by atoms with van der Waals surface area (Å²) in [5.41, 5.74) is 2.16. The number of carbonyl (C=O) groups is 2. The molecule has 0 saturated carbocycles. The summed E-state index contributed by atoms with van der Waals surface area (Å²) in [5, 5.41) is 11.6. The molecule has 2 heterocycles. The number of Topliss-reactive ketones (excluding diaryl/α,β-unsaturated/α-hetero) is 1. The number of amides is 1. The Morgan fingerprint density at radius 2 is 1.69 bits per heavy atom. The fourth-order valence-corrected chi connectivity index (χ4v) is 4.50. The molecule has 1 N–H and O–H groups in total. The molecule has 1 aliphatic heterocycles. The predicted octanol–water partition coefficient (Wildman–Crippen LogP) is 5.68. The molecule has 1 saturated heterocycles. The molecule has 1 aliphatic rings. The molecule has 3 aromatic rings. The Balaban J connectivity index is 1.94. The molecule has 2 aromatic carbocycles. The number of hydrogen-bond acceptors (Lipinski definition) is 6. The highest BCUT2D eigenvalue weighted by atomic mass is 35.5. The number of anilines is 1. The Morgan fingerprint density at radius 1 is 1.03 bits per heavy atom. The summed E-state index contributed by atoms with van der Waals surface area (Å²) in [6.45, 7) is 6.28. The second-order valence-corrected chi connectivity index (χ2v) is 9.85. The van der Waals surface area contributed by atoms with Gasteiger partial charge in [-0.3, -0.25) is 19.5 Å². The van der Waals surface area contributed by atoms with Crippen molar-refractivity contribution >= 4 is 34.7 Å². The van der Waals surface area contributed by atoms with Crippen LogP contribution in [0.4, 0.5) is 5.69 Å². The van der Waals surface area contributed by atoms with E-state index < -0.39 is 23.5 Å². The van der Waals surface area contributed by atoms with Crippen LogP contribution in [0.2, 0.25) is 5.02 Å². The van der Waals surface area contributed by atoms with Gasteiger partial charge < -0.3 is 14.6 Å². The third kappa shape index (κ3) is 4.42. The van der Waals surface area contributed by atoms with Gasteiger partial charge in [-0.15, -0.1) is 0 Å². The Kier molecular flexibility index (Phi) is 6.78. The fraction of sp³-hybridized carbons (Fsp3) is 0.250. The Bertz CT molecular complexity index is 1340. The summed E-state index contributed by atoms with van der Waals surface area (Å²) in [6, 6.07) is 13.0. The highest BCUT2D eigenvalue weighted by molar-refractivity contribution is 6.51. The summed E-state index contributed by atoms with van der Waals surface area (Å²) in [7, 11) is 2.88. The van der Waals surface area contributed by atoms with Gasteiger partial charge in [0.15, 0.2) is 0 Å². The number of ether oxygens (including phenoxy) is 2. The van der Waals surface area contributed by atoms with Gasteiger partial charge in [0.2, 0.25) is 0 Å². The first-order valence-corrected chi connectivity index (χ1v) is 11.7. The molecule has 36 heavy (non-hydrogen) atoms. The van der Waals surface area contributed by atoms with Crippen molar-refractivity contribution in [2.45, 2.75) is 32.2 Å². The second-order valence-electron chi connectivity index (χ2n) is 9.44. The van der Waals surface area contributed by atoms with Crippen LogP contribution in [0.5, 0.6) is 11.5 Å². The van der Waals surface area contributed by atoms with Crippen LogP contribution in [-0.2, 0) is 15.0 Å². The number of methoxy groups -OCH3 is 2. The van der Waals surface area contributed by atoms with E-state index >= 15 is 0 Å². The Labute approximate surface area is 214 Å². The highest BCUT2D eigenvalue weighted by Crippen LogP contribution is 2.44. The molecule has 1 fully saturated rings. The number of benzene rings is 2. The maximum absolute atomic E-state index is 13.4. The van der Waals surface area contributed by atoms with Crippen molar-refractivity contribution in [2.75, 3.05) is 19.1 Å². The second kappa shape index (κ2) is 9.66. The molecule has 1 amide bonds. The SMILES string of the molecule is COc1cc(OC)c(/C(O)=C2\C(=O)C(=O)N(c3ccc(C(C)(C)C)cc3)C2c2cccnc2)cc1Cl. The largest absolute Gasteiger partial charge is 0.507 e. The average Bonchev–Trinajstić information content (AvgIpc) is 3.13. The van der Waals surface area contributed by atoms with E-state index in [0.29, 0.717) is 17.0 Å². The van der Waals surface area contributed by atoms with E-state index in [2.05, 4.69) is 25.8 Å². The number of aromatic nitrogens is 1. The average molecular weight is 507 g/mol. The van der Waals surface area contributed by atoms with Crippen molar-refractivity contribution in [3.05, 3.63) is 88.2 Å². The standard InChI is InChI=1S/C28H27ClN2O5/c1-28(2,3)17-8-10-18(11-9-17)31-24(16-7-6-12-30-15-16)23(26(33)27(31)34)25(32)19-13-20(29)22(36-5)14-21(19)35-4/h6-15,24,32H,1-5H3/b25-23+. The van der Waals surface area contributed by atoms with Crippen LogP contribution in [0.1, 0.15) is 43.5 Å². The van der Waals surface area contributed by atoms with Crippen molar-refractivity contribution in [1.82, 2.24) is 4.98 Å². The minimum atomic E-state index is -0.912. The zero-order valence-corrected chi connectivity index (χ0v) is 21.5. The monoisotopic (exact) mass is 506 g/mol. The maximum Gasteiger partial charge on any atom is 0.300 e. The van der Waals surface area contributed by atoms with E-state index in [1.165, 1.54) is 31.3 Å². The summed E-state index contributed by atoms with van der Waals surface area (Å²) < 4.78 is 10.7. The molecule has 0 bridgehead atoms. The Hall–Kier alpha value is -3.84. The summed E-state index contributed by atoms with van der Waals surface area (Å²) in [6.07, 6.45) is 3.17. The molecule has 1 unspecified atom stereocenters. The number of ketones is 1. The van der Waals surface area contributed by atoms with Crippen LogP contribution >= 0.6 is 11.6 Å². The summed E-state index contributed by atoms with van der Waals surface area (Å²) in [5.74, 6) is -1.41. The zero-order chi connectivity index (χ0) is 26.2. The number of nitrogens with zero attached hydrogens (tertiary/aromatic N) is 2. The van der Waals surface area contributed by atoms with Gasteiger partial charge in [0.1, 0.15) is 17.3 Å². The van der Waals surface area contributed by atoms with Gasteiger partial charge in [0.25, 0.3) is 11.7 Å². The molecule has 4 rings (SSSR count). The topological polar surface area (TPSA) is 89.0 Å². The lowest BCUT2D eigenvalue weighted by Crippen LogP contribution is -2.29. The van der Waals surface area contributed by atoms with Crippen LogP contribution in [0, 0.1) is 0 Å². The highest BCUT2D eigenvalue weighted by Gasteiger charge is 2.47. The van der Waals surface area contributed by atoms with E-state index in [9.17, 15) is 14.7 Å². The number of aliphatic hydroxyl groups is 1. The molecule has 8 heteroatoms. The molecule has 0 aliphatic carbocycles. The summed E-state index contributed by atoms with van der Waals surface area (Å²) >= 11 is 6.32. The molecule has 1 atom stereocenters. The predicted molar refractivity (Wildman–Crippen MR) is 139 cm³/mol. The minimum Gasteiger partial charge on any atom is -0.507 e. The van der Waals surface area contributed by atoms with E-state index in [1.54, 1.807) is 36.7 Å². The summed E-state index contributed by atoms with van der Waals surface area (Å²) in [4.78, 5) is 32.3. The van der Waals surface area contributed by atoms with Gasteiger partial charge in [0, 0.05) is 24.1 Å². The van der Waals surface area contributed by atoms with E-state index in [-0.39, 0.29) is 27.3 Å². The van der Waals surface area contributed by atoms with Crippen molar-refractivity contribution in [3.63, 3.8) is 0 Å². The van der Waals surface area contributed by atoms with Crippen molar-refractivity contribution in [2.24, 2.45) is 0 Å². The van der Waals surface area contributed by atoms with E-state index in [4.69, 9.17) is 21.1 Å². The molecule has 7 nitrogen and oxygen atoms in total. The number of halogens is 1. The van der Waals surface area contributed by atoms with Gasteiger partial charge in [-0.25, -0.2) is 0 Å². The quantitative estimate of drug-likeness (QED) is 0.272. The number of rotatable bonds is 5. The first kappa shape index (κ1) is 25.3. The smallest absolute Gasteiger partial charge is 0.300 e. The molecular formula is C28H27ClN2O5. The number of hydrogen-bond donors (Lipinski definition) is 1. The van der Waals surface area contributed by atoms with E-state index in [0.717, 1.165) is 5.56 Å².